The molecule has 15 heavy (non-hydrogen) atoms. The summed E-state index contributed by atoms with van der Waals surface area (Å²) in [6.07, 6.45) is 0. The van der Waals surface area contributed by atoms with Gasteiger partial charge in [0.1, 0.15) is 0 Å². The van der Waals surface area contributed by atoms with Gasteiger partial charge in [-0.15, -0.1) is 0 Å². The maximum absolute atomic E-state index is 11.7. The molecule has 4 heteroatoms. The van der Waals surface area contributed by atoms with Crippen molar-refractivity contribution in [2.45, 2.75) is 19.6 Å². The van der Waals surface area contributed by atoms with E-state index in [1.54, 1.807) is 18.2 Å². The highest BCUT2D eigenvalue weighted by Crippen LogP contribution is 2.20. The van der Waals surface area contributed by atoms with Gasteiger partial charge in [-0.3, -0.25) is 4.21 Å². The first-order valence-electron chi connectivity index (χ1n) is 4.88. The lowest BCUT2D eigenvalue weighted by atomic mass is 10.2. The van der Waals surface area contributed by atoms with Crippen molar-refractivity contribution in [3.05, 3.63) is 28.8 Å². The summed E-state index contributed by atoms with van der Waals surface area (Å²) in [5.41, 5.74) is 7.18. The molecule has 1 aromatic carbocycles. The minimum Gasteiger partial charge on any atom is -0.399 e. The van der Waals surface area contributed by atoms with Crippen molar-refractivity contribution in [1.29, 1.82) is 0 Å². The van der Waals surface area contributed by atoms with Gasteiger partial charge >= 0.3 is 0 Å². The van der Waals surface area contributed by atoms with Crippen LogP contribution in [0.4, 0.5) is 5.69 Å². The lowest BCUT2D eigenvalue weighted by Crippen LogP contribution is -2.07. The van der Waals surface area contributed by atoms with Crippen molar-refractivity contribution < 1.29 is 4.21 Å². The Hall–Kier alpha value is -0.540. The van der Waals surface area contributed by atoms with E-state index in [1.165, 1.54) is 0 Å². The smallest absolute Gasteiger partial charge is 0.0501 e. The second-order valence-electron chi connectivity index (χ2n) is 4.00. The van der Waals surface area contributed by atoms with Crippen LogP contribution >= 0.6 is 11.6 Å². The summed E-state index contributed by atoms with van der Waals surface area (Å²) in [5, 5.41) is 0.640. The Kier molecular flexibility index (Phi) is 4.61. The molecule has 0 saturated carbocycles. The first kappa shape index (κ1) is 12.5. The van der Waals surface area contributed by atoms with Crippen LogP contribution in [-0.4, -0.2) is 9.96 Å². The average Bonchev–Trinajstić information content (AvgIpc) is 2.10. The van der Waals surface area contributed by atoms with Crippen LogP contribution < -0.4 is 5.73 Å². The molecule has 0 bridgehead atoms. The average molecular weight is 246 g/mol. The van der Waals surface area contributed by atoms with Crippen LogP contribution in [0.5, 0.6) is 0 Å². The summed E-state index contributed by atoms with van der Waals surface area (Å²) in [4.78, 5) is 0. The number of hydrogen-bond donors (Lipinski definition) is 1. The molecule has 2 N–H and O–H groups in total. The van der Waals surface area contributed by atoms with E-state index in [4.69, 9.17) is 17.3 Å². The van der Waals surface area contributed by atoms with Crippen molar-refractivity contribution in [3.8, 4) is 0 Å². The van der Waals surface area contributed by atoms with Gasteiger partial charge in [0, 0.05) is 27.3 Å². The first-order chi connectivity index (χ1) is 6.99. The molecule has 0 radical (unpaired) electrons. The third kappa shape index (κ3) is 4.22. The molecule has 1 aromatic rings. The van der Waals surface area contributed by atoms with Gasteiger partial charge < -0.3 is 5.73 Å². The number of halogens is 1. The molecule has 84 valence electrons. The maximum atomic E-state index is 11.7. The standard InChI is InChI=1S/C11H16ClNOS/c1-8(2)6-15(14)7-9-5-10(13)3-4-11(9)12/h3-5,8H,6-7,13H2,1-2H3. The molecule has 0 fully saturated rings. The van der Waals surface area contributed by atoms with Crippen molar-refractivity contribution in [1.82, 2.24) is 0 Å². The molecular weight excluding hydrogens is 230 g/mol. The largest absolute Gasteiger partial charge is 0.399 e. The van der Waals surface area contributed by atoms with Gasteiger partial charge in [-0.2, -0.15) is 0 Å². The Morgan fingerprint density at radius 3 is 2.73 bits per heavy atom. The molecule has 2 nitrogen and oxygen atoms in total. The quantitative estimate of drug-likeness (QED) is 0.829. The molecule has 0 heterocycles. The monoisotopic (exact) mass is 245 g/mol. The van der Waals surface area contributed by atoms with E-state index in [-0.39, 0.29) is 0 Å². The highest BCUT2D eigenvalue weighted by Gasteiger charge is 2.07. The van der Waals surface area contributed by atoms with E-state index < -0.39 is 10.8 Å². The molecule has 1 atom stereocenters. The van der Waals surface area contributed by atoms with E-state index in [1.807, 2.05) is 0 Å². The second kappa shape index (κ2) is 5.52. The molecule has 0 spiro atoms. The molecule has 0 aliphatic heterocycles. The minimum absolute atomic E-state index is 0.436. The van der Waals surface area contributed by atoms with Crippen LogP contribution in [0.2, 0.25) is 5.02 Å². The molecule has 1 rings (SSSR count). The lowest BCUT2D eigenvalue weighted by Gasteiger charge is -2.07. The lowest BCUT2D eigenvalue weighted by molar-refractivity contribution is 0.664. The van der Waals surface area contributed by atoms with Crippen LogP contribution in [0.25, 0.3) is 0 Å². The van der Waals surface area contributed by atoms with Gasteiger partial charge in [-0.05, 0) is 29.7 Å². The molecule has 1 unspecified atom stereocenters. The van der Waals surface area contributed by atoms with Crippen LogP contribution in [-0.2, 0) is 16.6 Å². The molecule has 0 amide bonds. The van der Waals surface area contributed by atoms with Gasteiger partial charge in [0.25, 0.3) is 0 Å². The van der Waals surface area contributed by atoms with E-state index in [0.717, 1.165) is 5.56 Å². The summed E-state index contributed by atoms with van der Waals surface area (Å²) in [6.45, 7) is 4.11. The Bertz CT molecular complexity index is 366. The molecular formula is C11H16ClNOS. The van der Waals surface area contributed by atoms with E-state index in [9.17, 15) is 4.21 Å². The second-order valence-corrected chi connectivity index (χ2v) is 5.90. The number of hydrogen-bond acceptors (Lipinski definition) is 2. The molecule has 0 saturated heterocycles. The van der Waals surface area contributed by atoms with Crippen molar-refractivity contribution >= 4 is 28.1 Å². The van der Waals surface area contributed by atoms with Crippen LogP contribution in [0, 0.1) is 5.92 Å². The summed E-state index contributed by atoms with van der Waals surface area (Å²) in [6, 6.07) is 5.29. The Balaban J connectivity index is 2.71. The van der Waals surface area contributed by atoms with Crippen LogP contribution in [0.1, 0.15) is 19.4 Å². The zero-order valence-electron chi connectivity index (χ0n) is 9.00. The van der Waals surface area contributed by atoms with Crippen LogP contribution in [0.15, 0.2) is 18.2 Å². The van der Waals surface area contributed by atoms with Crippen LogP contribution in [0.3, 0.4) is 0 Å². The predicted molar refractivity (Wildman–Crippen MR) is 67.4 cm³/mol. The third-order valence-electron chi connectivity index (χ3n) is 1.91. The molecule has 0 aliphatic rings. The maximum Gasteiger partial charge on any atom is 0.0501 e. The number of benzene rings is 1. The van der Waals surface area contributed by atoms with Crippen molar-refractivity contribution in [2.75, 3.05) is 11.5 Å². The highest BCUT2D eigenvalue weighted by atomic mass is 35.5. The van der Waals surface area contributed by atoms with Gasteiger partial charge in [0.05, 0.1) is 5.75 Å². The fraction of sp³-hybridized carbons (Fsp3) is 0.455. The normalized spacial score (nSPS) is 13.1. The van der Waals surface area contributed by atoms with Gasteiger partial charge in [0.2, 0.25) is 0 Å². The SMILES string of the molecule is CC(C)CS(=O)Cc1cc(N)ccc1Cl. The Morgan fingerprint density at radius 2 is 2.13 bits per heavy atom. The number of rotatable bonds is 4. The highest BCUT2D eigenvalue weighted by molar-refractivity contribution is 7.84. The van der Waals surface area contributed by atoms with E-state index in [0.29, 0.717) is 28.1 Å². The topological polar surface area (TPSA) is 43.1 Å². The van der Waals surface area contributed by atoms with E-state index in [2.05, 4.69) is 13.8 Å². The number of anilines is 1. The fourth-order valence-corrected chi connectivity index (χ4v) is 3.02. The zero-order chi connectivity index (χ0) is 11.4. The predicted octanol–water partition coefficient (Wildman–Crippen LogP) is 2.83. The van der Waals surface area contributed by atoms with E-state index >= 15 is 0 Å². The minimum atomic E-state index is -0.860. The van der Waals surface area contributed by atoms with Gasteiger partial charge in [0.15, 0.2) is 0 Å². The summed E-state index contributed by atoms with van der Waals surface area (Å²) < 4.78 is 11.7. The Labute approximate surface area is 98.3 Å². The summed E-state index contributed by atoms with van der Waals surface area (Å²) in [5.74, 6) is 1.62. The third-order valence-corrected chi connectivity index (χ3v) is 3.95. The summed E-state index contributed by atoms with van der Waals surface area (Å²) in [7, 11) is -0.860. The number of nitrogens with two attached hydrogens (primary N) is 1. The number of nitrogen functional groups attached to an aromatic ring is 1. The zero-order valence-corrected chi connectivity index (χ0v) is 10.6. The first-order valence-corrected chi connectivity index (χ1v) is 6.74. The van der Waals surface area contributed by atoms with Gasteiger partial charge in [-0.25, -0.2) is 0 Å². The fourth-order valence-electron chi connectivity index (χ4n) is 1.31. The van der Waals surface area contributed by atoms with Gasteiger partial charge in [-0.1, -0.05) is 25.4 Å². The Morgan fingerprint density at radius 1 is 1.47 bits per heavy atom. The van der Waals surface area contributed by atoms with Crippen molar-refractivity contribution in [2.24, 2.45) is 5.92 Å². The molecule has 0 aromatic heterocycles. The van der Waals surface area contributed by atoms with Crippen molar-refractivity contribution in [3.63, 3.8) is 0 Å². The summed E-state index contributed by atoms with van der Waals surface area (Å²) >= 11 is 5.99. The molecule has 0 aliphatic carbocycles.